The summed E-state index contributed by atoms with van der Waals surface area (Å²) in [6, 6.07) is 0. The first-order chi connectivity index (χ1) is 5.18. The molecule has 1 aliphatic heterocycles. The topological polar surface area (TPSA) is 24.4 Å². The van der Waals surface area contributed by atoms with Gasteiger partial charge in [0.15, 0.2) is 5.17 Å². The van der Waals surface area contributed by atoms with Gasteiger partial charge >= 0.3 is 0 Å². The summed E-state index contributed by atoms with van der Waals surface area (Å²) in [5.74, 6) is 0.703. The summed E-state index contributed by atoms with van der Waals surface area (Å²) in [4.78, 5) is 4.36. The normalized spacial score (nSPS) is 24.0. The van der Waals surface area contributed by atoms with Gasteiger partial charge in [-0.05, 0) is 5.92 Å². The Kier molecular flexibility index (Phi) is 3.24. The van der Waals surface area contributed by atoms with E-state index in [4.69, 9.17) is 0 Å². The van der Waals surface area contributed by atoms with E-state index in [0.29, 0.717) is 11.2 Å². The molecule has 64 valence electrons. The quantitative estimate of drug-likeness (QED) is 0.686. The van der Waals surface area contributed by atoms with Gasteiger partial charge in [-0.1, -0.05) is 32.5 Å². The molecule has 2 nitrogen and oxygen atoms in total. The molecule has 3 heteroatoms. The highest BCUT2D eigenvalue weighted by Gasteiger charge is 2.13. The second kappa shape index (κ2) is 4.00. The molecule has 0 saturated heterocycles. The van der Waals surface area contributed by atoms with Crippen molar-refractivity contribution in [1.82, 2.24) is 5.32 Å². The van der Waals surface area contributed by atoms with Crippen LogP contribution in [0.15, 0.2) is 4.99 Å². The van der Waals surface area contributed by atoms with E-state index >= 15 is 0 Å². The standard InChI is InChI=1S/C8H16N2S/c1-6(2)4-9-8-10-5-7(3)11-8/h6-7H,4-5H2,1-3H3,(H,9,10)/t7-/m0/s1. The summed E-state index contributed by atoms with van der Waals surface area (Å²) in [5.41, 5.74) is 0. The van der Waals surface area contributed by atoms with Crippen LogP contribution in [-0.2, 0) is 0 Å². The van der Waals surface area contributed by atoms with Gasteiger partial charge in [0.25, 0.3) is 0 Å². The van der Waals surface area contributed by atoms with Crippen LogP contribution in [0.5, 0.6) is 0 Å². The molecule has 0 radical (unpaired) electrons. The van der Waals surface area contributed by atoms with Crippen LogP contribution in [0.1, 0.15) is 20.8 Å². The molecule has 0 amide bonds. The number of hydrogen-bond acceptors (Lipinski definition) is 3. The lowest BCUT2D eigenvalue weighted by Crippen LogP contribution is -2.23. The number of rotatable bonds is 2. The van der Waals surface area contributed by atoms with Crippen LogP contribution in [-0.4, -0.2) is 23.5 Å². The Morgan fingerprint density at radius 1 is 1.73 bits per heavy atom. The van der Waals surface area contributed by atoms with Gasteiger partial charge in [-0.25, -0.2) is 0 Å². The van der Waals surface area contributed by atoms with Gasteiger partial charge in [-0.3, -0.25) is 4.99 Å². The maximum absolute atomic E-state index is 4.36. The lowest BCUT2D eigenvalue weighted by Gasteiger charge is -2.07. The Bertz CT molecular complexity index is 154. The summed E-state index contributed by atoms with van der Waals surface area (Å²) in [6.45, 7) is 8.63. The van der Waals surface area contributed by atoms with E-state index in [-0.39, 0.29) is 0 Å². The van der Waals surface area contributed by atoms with Gasteiger partial charge in [-0.2, -0.15) is 0 Å². The average molecular weight is 172 g/mol. The third-order valence-electron chi connectivity index (χ3n) is 1.47. The number of aliphatic imine (C=N–C) groups is 1. The van der Waals surface area contributed by atoms with Crippen LogP contribution < -0.4 is 5.32 Å². The van der Waals surface area contributed by atoms with Gasteiger partial charge in [0.2, 0.25) is 0 Å². The summed E-state index contributed by atoms with van der Waals surface area (Å²) in [5, 5.41) is 5.13. The van der Waals surface area contributed by atoms with E-state index in [2.05, 4.69) is 31.1 Å². The van der Waals surface area contributed by atoms with Gasteiger partial charge in [0.05, 0.1) is 6.54 Å². The van der Waals surface area contributed by atoms with Crippen molar-refractivity contribution in [1.29, 1.82) is 0 Å². The summed E-state index contributed by atoms with van der Waals surface area (Å²) < 4.78 is 0. The third-order valence-corrected chi connectivity index (χ3v) is 2.51. The minimum Gasteiger partial charge on any atom is -0.365 e. The minimum absolute atomic E-state index is 0.671. The van der Waals surface area contributed by atoms with Gasteiger partial charge in [-0.15, -0.1) is 0 Å². The summed E-state index contributed by atoms with van der Waals surface area (Å²) >= 11 is 1.85. The van der Waals surface area contributed by atoms with Crippen LogP contribution in [0.4, 0.5) is 0 Å². The van der Waals surface area contributed by atoms with E-state index in [1.165, 1.54) is 0 Å². The molecule has 0 spiro atoms. The zero-order chi connectivity index (χ0) is 8.27. The Morgan fingerprint density at radius 3 is 2.91 bits per heavy atom. The largest absolute Gasteiger partial charge is 0.365 e. The Labute approximate surface area is 72.9 Å². The average Bonchev–Trinajstić information content (AvgIpc) is 2.31. The fourth-order valence-electron chi connectivity index (χ4n) is 0.866. The molecule has 0 unspecified atom stereocenters. The van der Waals surface area contributed by atoms with E-state index < -0.39 is 0 Å². The van der Waals surface area contributed by atoms with Crippen LogP contribution in [0, 0.1) is 5.92 Å². The van der Waals surface area contributed by atoms with E-state index in [0.717, 1.165) is 18.3 Å². The highest BCUT2D eigenvalue weighted by atomic mass is 32.2. The van der Waals surface area contributed by atoms with Crippen molar-refractivity contribution in [2.75, 3.05) is 13.1 Å². The van der Waals surface area contributed by atoms with Crippen molar-refractivity contribution in [3.8, 4) is 0 Å². The smallest absolute Gasteiger partial charge is 0.156 e. The summed E-state index contributed by atoms with van der Waals surface area (Å²) in [6.07, 6.45) is 0. The molecule has 0 aromatic carbocycles. The highest BCUT2D eigenvalue weighted by Crippen LogP contribution is 2.18. The molecule has 0 aromatic heterocycles. The molecule has 0 bridgehead atoms. The Balaban J connectivity index is 2.18. The number of nitrogens with zero attached hydrogens (tertiary/aromatic N) is 1. The fraction of sp³-hybridized carbons (Fsp3) is 0.875. The second-order valence-electron chi connectivity index (χ2n) is 3.35. The van der Waals surface area contributed by atoms with Crippen molar-refractivity contribution >= 4 is 16.9 Å². The van der Waals surface area contributed by atoms with Gasteiger partial charge in [0, 0.05) is 11.8 Å². The molecule has 0 fully saturated rings. The van der Waals surface area contributed by atoms with Crippen molar-refractivity contribution in [3.63, 3.8) is 0 Å². The van der Waals surface area contributed by atoms with E-state index in [1.807, 2.05) is 11.8 Å². The zero-order valence-electron chi connectivity index (χ0n) is 7.42. The Hall–Kier alpha value is -0.180. The molecule has 1 aliphatic rings. The molecule has 1 rings (SSSR count). The maximum Gasteiger partial charge on any atom is 0.156 e. The zero-order valence-corrected chi connectivity index (χ0v) is 8.24. The fourth-order valence-corrected chi connectivity index (χ4v) is 1.71. The minimum atomic E-state index is 0.671. The molecular weight excluding hydrogens is 156 g/mol. The predicted molar refractivity (Wildman–Crippen MR) is 52.2 cm³/mol. The molecule has 0 saturated carbocycles. The molecule has 1 heterocycles. The monoisotopic (exact) mass is 172 g/mol. The highest BCUT2D eigenvalue weighted by molar-refractivity contribution is 8.14. The van der Waals surface area contributed by atoms with Crippen LogP contribution in [0.2, 0.25) is 0 Å². The third kappa shape index (κ3) is 3.14. The number of hydrogen-bond donors (Lipinski definition) is 1. The first-order valence-electron chi connectivity index (χ1n) is 4.13. The van der Waals surface area contributed by atoms with Crippen molar-refractivity contribution in [2.45, 2.75) is 26.0 Å². The SMILES string of the molecule is CC(C)CNC1=NC[C@H](C)S1. The molecule has 1 atom stereocenters. The lowest BCUT2D eigenvalue weighted by molar-refractivity contribution is 0.627. The van der Waals surface area contributed by atoms with Crippen LogP contribution >= 0.6 is 11.8 Å². The molecule has 11 heavy (non-hydrogen) atoms. The van der Waals surface area contributed by atoms with Gasteiger partial charge in [0.1, 0.15) is 0 Å². The first kappa shape index (κ1) is 8.91. The maximum atomic E-state index is 4.36. The summed E-state index contributed by atoms with van der Waals surface area (Å²) in [7, 11) is 0. The Morgan fingerprint density at radius 2 is 2.45 bits per heavy atom. The van der Waals surface area contributed by atoms with Crippen molar-refractivity contribution < 1.29 is 0 Å². The second-order valence-corrected chi connectivity index (χ2v) is 4.78. The lowest BCUT2D eigenvalue weighted by atomic mass is 10.2. The van der Waals surface area contributed by atoms with Crippen molar-refractivity contribution in [2.24, 2.45) is 10.9 Å². The van der Waals surface area contributed by atoms with E-state index in [1.54, 1.807) is 0 Å². The van der Waals surface area contributed by atoms with Crippen LogP contribution in [0.25, 0.3) is 0 Å². The van der Waals surface area contributed by atoms with Crippen LogP contribution in [0.3, 0.4) is 0 Å². The molecule has 0 aromatic rings. The number of thioether (sulfide) groups is 1. The first-order valence-corrected chi connectivity index (χ1v) is 5.01. The van der Waals surface area contributed by atoms with Crippen molar-refractivity contribution in [3.05, 3.63) is 0 Å². The molecule has 0 aliphatic carbocycles. The number of nitrogens with one attached hydrogen (secondary N) is 1. The van der Waals surface area contributed by atoms with E-state index in [9.17, 15) is 0 Å². The number of amidine groups is 1. The van der Waals surface area contributed by atoms with Gasteiger partial charge < -0.3 is 5.32 Å². The molecular formula is C8H16N2S. The predicted octanol–water partition coefficient (Wildman–Crippen LogP) is 1.72. The molecule has 1 N–H and O–H groups in total.